The van der Waals surface area contributed by atoms with E-state index in [0.717, 1.165) is 26.1 Å². The van der Waals surface area contributed by atoms with Gasteiger partial charge in [-0.15, -0.1) is 0 Å². The molecule has 1 N–H and O–H groups in total. The second-order valence-electron chi connectivity index (χ2n) is 6.55. The molecule has 0 bridgehead atoms. The van der Waals surface area contributed by atoms with Crippen molar-refractivity contribution in [1.82, 2.24) is 20.0 Å². The molecule has 1 rings (SSSR count). The van der Waals surface area contributed by atoms with Gasteiger partial charge in [0, 0.05) is 18.3 Å². The number of nitrogens with zero attached hydrogens (tertiary/aromatic N) is 3. The summed E-state index contributed by atoms with van der Waals surface area (Å²) in [4.78, 5) is 2.20. The maximum absolute atomic E-state index is 4.70. The molecule has 1 atom stereocenters. The van der Waals surface area contributed by atoms with E-state index in [2.05, 4.69) is 63.6 Å². The van der Waals surface area contributed by atoms with E-state index < -0.39 is 0 Å². The monoisotopic (exact) mass is 280 g/mol. The van der Waals surface area contributed by atoms with Crippen molar-refractivity contribution in [3.05, 3.63) is 17.0 Å². The van der Waals surface area contributed by atoms with Gasteiger partial charge < -0.3 is 10.2 Å². The van der Waals surface area contributed by atoms with E-state index in [-0.39, 0.29) is 0 Å². The lowest BCUT2D eigenvalue weighted by Crippen LogP contribution is -2.28. The smallest absolute Gasteiger partial charge is 0.0628 e. The molecule has 1 heterocycles. The first-order valence-corrected chi connectivity index (χ1v) is 7.72. The van der Waals surface area contributed by atoms with Crippen molar-refractivity contribution in [3.8, 4) is 0 Å². The highest BCUT2D eigenvalue weighted by Gasteiger charge is 2.14. The average Bonchev–Trinajstić information content (AvgIpc) is 2.61. The first kappa shape index (κ1) is 17.2. The quantitative estimate of drug-likeness (QED) is 0.793. The van der Waals surface area contributed by atoms with Crippen LogP contribution in [0, 0.1) is 19.8 Å². The Bertz CT molecular complexity index is 407. The lowest BCUT2D eigenvalue weighted by atomic mass is 9.99. The third kappa shape index (κ3) is 5.25. The second-order valence-corrected chi connectivity index (χ2v) is 6.55. The maximum Gasteiger partial charge on any atom is 0.0628 e. The largest absolute Gasteiger partial charge is 0.314 e. The number of rotatable bonds is 8. The summed E-state index contributed by atoms with van der Waals surface area (Å²) in [7, 11) is 4.21. The van der Waals surface area contributed by atoms with Crippen molar-refractivity contribution >= 4 is 0 Å². The van der Waals surface area contributed by atoms with Gasteiger partial charge in [0.1, 0.15) is 0 Å². The Labute approximate surface area is 124 Å². The zero-order valence-electron chi connectivity index (χ0n) is 14.3. The normalized spacial score (nSPS) is 13.4. The van der Waals surface area contributed by atoms with Crippen molar-refractivity contribution in [3.63, 3.8) is 0 Å². The average molecular weight is 280 g/mol. The van der Waals surface area contributed by atoms with E-state index in [1.54, 1.807) is 0 Å². The zero-order chi connectivity index (χ0) is 15.3. The summed E-state index contributed by atoms with van der Waals surface area (Å²) in [5.41, 5.74) is 3.96. The lowest BCUT2D eigenvalue weighted by molar-refractivity contribution is 0.370. The van der Waals surface area contributed by atoms with Gasteiger partial charge in [-0.2, -0.15) is 5.10 Å². The van der Waals surface area contributed by atoms with E-state index in [4.69, 9.17) is 5.10 Å². The molecule has 0 aliphatic carbocycles. The molecule has 1 unspecified atom stereocenters. The van der Waals surface area contributed by atoms with E-state index in [9.17, 15) is 0 Å². The summed E-state index contributed by atoms with van der Waals surface area (Å²) >= 11 is 0. The molecule has 0 aliphatic heterocycles. The molecule has 4 nitrogen and oxygen atoms in total. The van der Waals surface area contributed by atoms with Gasteiger partial charge in [-0.1, -0.05) is 20.8 Å². The molecular formula is C16H32N4. The predicted molar refractivity (Wildman–Crippen MR) is 86.3 cm³/mol. The van der Waals surface area contributed by atoms with Gasteiger partial charge in [0.05, 0.1) is 12.2 Å². The highest BCUT2D eigenvalue weighted by molar-refractivity contribution is 5.25. The number of nitrogens with one attached hydrogen (secondary N) is 1. The fourth-order valence-corrected chi connectivity index (χ4v) is 2.40. The van der Waals surface area contributed by atoms with Crippen LogP contribution in [0.25, 0.3) is 0 Å². The SMILES string of the molecule is Cc1nn(CCN(C)C)c(C)c1CC(C)CNC(C)C. The van der Waals surface area contributed by atoms with Crippen LogP contribution in [-0.4, -0.2) is 47.9 Å². The van der Waals surface area contributed by atoms with E-state index in [1.807, 2.05) is 0 Å². The molecule has 1 aromatic rings. The summed E-state index contributed by atoms with van der Waals surface area (Å²) in [6, 6.07) is 0.558. The first-order valence-electron chi connectivity index (χ1n) is 7.72. The Kier molecular flexibility index (Phi) is 6.69. The maximum atomic E-state index is 4.70. The van der Waals surface area contributed by atoms with Crippen LogP contribution in [0.3, 0.4) is 0 Å². The van der Waals surface area contributed by atoms with Crippen molar-refractivity contribution in [2.75, 3.05) is 27.2 Å². The van der Waals surface area contributed by atoms with Crippen LogP contribution in [0.4, 0.5) is 0 Å². The van der Waals surface area contributed by atoms with Gasteiger partial charge in [0.25, 0.3) is 0 Å². The highest BCUT2D eigenvalue weighted by atomic mass is 15.3. The Morgan fingerprint density at radius 3 is 2.40 bits per heavy atom. The molecule has 4 heteroatoms. The standard InChI is InChI=1S/C16H32N4/c1-12(2)17-11-13(3)10-16-14(4)18-20(15(16)5)9-8-19(6)7/h12-13,17H,8-11H2,1-7H3. The van der Waals surface area contributed by atoms with Crippen LogP contribution in [0.1, 0.15) is 37.7 Å². The number of aromatic nitrogens is 2. The van der Waals surface area contributed by atoms with E-state index >= 15 is 0 Å². The molecule has 116 valence electrons. The summed E-state index contributed by atoms with van der Waals surface area (Å²) < 4.78 is 2.16. The fraction of sp³-hybridized carbons (Fsp3) is 0.812. The molecule has 20 heavy (non-hydrogen) atoms. The summed E-state index contributed by atoms with van der Waals surface area (Å²) in [5.74, 6) is 0.640. The number of hydrogen-bond donors (Lipinski definition) is 1. The second kappa shape index (κ2) is 7.79. The predicted octanol–water partition coefficient (Wildman–Crippen LogP) is 2.24. The Balaban J connectivity index is 2.65. The molecule has 0 aromatic carbocycles. The van der Waals surface area contributed by atoms with Crippen molar-refractivity contribution in [2.24, 2.45) is 5.92 Å². The van der Waals surface area contributed by atoms with Crippen LogP contribution in [-0.2, 0) is 13.0 Å². The van der Waals surface area contributed by atoms with Gasteiger partial charge in [-0.3, -0.25) is 4.68 Å². The third-order valence-electron chi connectivity index (χ3n) is 3.72. The van der Waals surface area contributed by atoms with Gasteiger partial charge >= 0.3 is 0 Å². The molecule has 0 spiro atoms. The molecule has 1 aromatic heterocycles. The molecular weight excluding hydrogens is 248 g/mol. The molecule has 0 radical (unpaired) electrons. The number of hydrogen-bond acceptors (Lipinski definition) is 3. The first-order chi connectivity index (χ1) is 9.31. The van der Waals surface area contributed by atoms with Crippen molar-refractivity contribution in [1.29, 1.82) is 0 Å². The van der Waals surface area contributed by atoms with Gasteiger partial charge in [0.2, 0.25) is 0 Å². The highest BCUT2D eigenvalue weighted by Crippen LogP contribution is 2.17. The topological polar surface area (TPSA) is 33.1 Å². The Morgan fingerprint density at radius 2 is 1.85 bits per heavy atom. The van der Waals surface area contributed by atoms with Gasteiger partial charge in [-0.05, 0) is 52.4 Å². The lowest BCUT2D eigenvalue weighted by Gasteiger charge is -2.15. The molecule has 0 saturated carbocycles. The van der Waals surface area contributed by atoms with Crippen LogP contribution in [0.2, 0.25) is 0 Å². The summed E-state index contributed by atoms with van der Waals surface area (Å²) in [6.45, 7) is 14.1. The van der Waals surface area contributed by atoms with Gasteiger partial charge in [0.15, 0.2) is 0 Å². The van der Waals surface area contributed by atoms with Crippen molar-refractivity contribution in [2.45, 2.75) is 53.6 Å². The zero-order valence-corrected chi connectivity index (χ0v) is 14.3. The minimum atomic E-state index is 0.558. The van der Waals surface area contributed by atoms with Crippen molar-refractivity contribution < 1.29 is 0 Å². The summed E-state index contributed by atoms with van der Waals surface area (Å²) in [5, 5.41) is 8.22. The number of likely N-dealkylation sites (N-methyl/N-ethyl adjacent to an activating group) is 1. The van der Waals surface area contributed by atoms with Crippen LogP contribution < -0.4 is 5.32 Å². The minimum Gasteiger partial charge on any atom is -0.314 e. The minimum absolute atomic E-state index is 0.558. The molecule has 0 aliphatic rings. The van der Waals surface area contributed by atoms with Crippen LogP contribution in [0.15, 0.2) is 0 Å². The number of aryl methyl sites for hydroxylation is 1. The Hall–Kier alpha value is -0.870. The fourth-order valence-electron chi connectivity index (χ4n) is 2.40. The summed E-state index contributed by atoms with van der Waals surface area (Å²) in [6.07, 6.45) is 1.11. The van der Waals surface area contributed by atoms with E-state index in [0.29, 0.717) is 12.0 Å². The van der Waals surface area contributed by atoms with Gasteiger partial charge in [-0.25, -0.2) is 0 Å². The third-order valence-corrected chi connectivity index (χ3v) is 3.72. The van der Waals surface area contributed by atoms with Crippen LogP contribution in [0.5, 0.6) is 0 Å². The molecule has 0 saturated heterocycles. The van der Waals surface area contributed by atoms with E-state index in [1.165, 1.54) is 17.0 Å². The molecule has 0 fully saturated rings. The Morgan fingerprint density at radius 1 is 1.20 bits per heavy atom. The molecule has 0 amide bonds. The van der Waals surface area contributed by atoms with Crippen LogP contribution >= 0.6 is 0 Å².